The van der Waals surface area contributed by atoms with Crippen LogP contribution in [-0.2, 0) is 11.2 Å². The highest BCUT2D eigenvalue weighted by Gasteiger charge is 2.29. The zero-order valence-corrected chi connectivity index (χ0v) is 14.6. The zero-order chi connectivity index (χ0) is 17.9. The van der Waals surface area contributed by atoms with Gasteiger partial charge in [-0.3, -0.25) is 4.79 Å². The van der Waals surface area contributed by atoms with E-state index in [4.69, 9.17) is 18.7 Å². The standard InChI is InChI=1S/C18H21N3O5/c1-23-8-6-16-19-17(26-20-16)13-3-2-7-21(10-13)18(22)12-4-5-14-15(9-12)25-11-24-14/h4-5,9,13H,2-3,6-8,10-11H2,1H3/t13-/m0/s1. The average Bonchev–Trinajstić information content (AvgIpc) is 3.34. The van der Waals surface area contributed by atoms with Crippen LogP contribution in [0, 0.1) is 0 Å². The molecule has 2 aliphatic rings. The third-order valence-electron chi connectivity index (χ3n) is 4.69. The molecule has 2 aromatic rings. The number of carbonyl (C=O) groups excluding carboxylic acids is 1. The fourth-order valence-corrected chi connectivity index (χ4v) is 3.30. The van der Waals surface area contributed by atoms with Gasteiger partial charge in [-0.05, 0) is 31.0 Å². The van der Waals surface area contributed by atoms with Gasteiger partial charge in [-0.2, -0.15) is 4.98 Å². The van der Waals surface area contributed by atoms with Gasteiger partial charge < -0.3 is 23.6 Å². The van der Waals surface area contributed by atoms with Crippen molar-refractivity contribution in [1.82, 2.24) is 15.0 Å². The first-order valence-corrected chi connectivity index (χ1v) is 8.75. The van der Waals surface area contributed by atoms with Crippen molar-refractivity contribution in [3.8, 4) is 11.5 Å². The Morgan fingerprint density at radius 1 is 1.35 bits per heavy atom. The Bertz CT molecular complexity index is 791. The van der Waals surface area contributed by atoms with Gasteiger partial charge in [0, 0.05) is 32.2 Å². The summed E-state index contributed by atoms with van der Waals surface area (Å²) in [6.45, 7) is 2.04. The van der Waals surface area contributed by atoms with Crippen molar-refractivity contribution >= 4 is 5.91 Å². The van der Waals surface area contributed by atoms with Crippen molar-refractivity contribution in [1.29, 1.82) is 0 Å². The molecule has 1 amide bonds. The Morgan fingerprint density at radius 2 is 2.23 bits per heavy atom. The summed E-state index contributed by atoms with van der Waals surface area (Å²) in [6.07, 6.45) is 2.44. The summed E-state index contributed by atoms with van der Waals surface area (Å²) in [7, 11) is 1.64. The topological polar surface area (TPSA) is 86.9 Å². The number of hydrogen-bond acceptors (Lipinski definition) is 7. The lowest BCUT2D eigenvalue weighted by atomic mass is 9.97. The highest BCUT2D eigenvalue weighted by Crippen LogP contribution is 2.33. The zero-order valence-electron chi connectivity index (χ0n) is 14.6. The number of aromatic nitrogens is 2. The average molecular weight is 359 g/mol. The SMILES string of the molecule is COCCc1noc([C@H]2CCCN(C(=O)c3ccc4c(c3)OCO4)C2)n1. The third-order valence-corrected chi connectivity index (χ3v) is 4.69. The van der Waals surface area contributed by atoms with Crippen LogP contribution in [-0.4, -0.2) is 54.5 Å². The second-order valence-corrected chi connectivity index (χ2v) is 6.45. The maximum absolute atomic E-state index is 12.9. The van der Waals surface area contributed by atoms with Gasteiger partial charge in [-0.25, -0.2) is 0 Å². The minimum absolute atomic E-state index is 0.0212. The molecule has 0 saturated carbocycles. The van der Waals surface area contributed by atoms with Crippen molar-refractivity contribution in [2.75, 3.05) is 33.6 Å². The Hall–Kier alpha value is -2.61. The van der Waals surface area contributed by atoms with Crippen molar-refractivity contribution in [2.24, 2.45) is 0 Å². The molecule has 1 aromatic carbocycles. The molecule has 2 aliphatic heterocycles. The molecule has 138 valence electrons. The van der Waals surface area contributed by atoms with Crippen LogP contribution in [0.2, 0.25) is 0 Å². The van der Waals surface area contributed by atoms with E-state index >= 15 is 0 Å². The summed E-state index contributed by atoms with van der Waals surface area (Å²) in [6, 6.07) is 5.29. The largest absolute Gasteiger partial charge is 0.454 e. The molecule has 0 unspecified atom stereocenters. The predicted molar refractivity (Wildman–Crippen MR) is 90.3 cm³/mol. The van der Waals surface area contributed by atoms with Gasteiger partial charge in [-0.1, -0.05) is 5.16 Å². The molecule has 3 heterocycles. The van der Waals surface area contributed by atoms with Crippen LogP contribution in [0.4, 0.5) is 0 Å². The number of methoxy groups -OCH3 is 1. The fourth-order valence-electron chi connectivity index (χ4n) is 3.30. The van der Waals surface area contributed by atoms with Gasteiger partial charge in [0.25, 0.3) is 5.91 Å². The van der Waals surface area contributed by atoms with Gasteiger partial charge in [0.1, 0.15) is 0 Å². The number of benzene rings is 1. The molecule has 1 atom stereocenters. The van der Waals surface area contributed by atoms with E-state index in [-0.39, 0.29) is 18.6 Å². The number of likely N-dealkylation sites (tertiary alicyclic amines) is 1. The van der Waals surface area contributed by atoms with E-state index in [1.165, 1.54) is 0 Å². The molecule has 0 N–H and O–H groups in total. The van der Waals surface area contributed by atoms with Crippen LogP contribution in [0.5, 0.6) is 11.5 Å². The first-order chi connectivity index (χ1) is 12.7. The number of ether oxygens (including phenoxy) is 3. The first kappa shape index (κ1) is 16.8. The third kappa shape index (κ3) is 3.37. The first-order valence-electron chi connectivity index (χ1n) is 8.75. The number of piperidine rings is 1. The molecule has 0 aliphatic carbocycles. The minimum Gasteiger partial charge on any atom is -0.454 e. The summed E-state index contributed by atoms with van der Waals surface area (Å²) in [4.78, 5) is 19.2. The Labute approximate surface area is 151 Å². The van der Waals surface area contributed by atoms with Gasteiger partial charge in [-0.15, -0.1) is 0 Å². The number of fused-ring (bicyclic) bond motifs is 1. The number of carbonyl (C=O) groups is 1. The van der Waals surface area contributed by atoms with Crippen molar-refractivity contribution < 1.29 is 23.5 Å². The number of amides is 1. The van der Waals surface area contributed by atoms with E-state index in [0.29, 0.717) is 54.9 Å². The maximum atomic E-state index is 12.9. The van der Waals surface area contributed by atoms with Crippen LogP contribution in [0.15, 0.2) is 22.7 Å². The van der Waals surface area contributed by atoms with E-state index in [2.05, 4.69) is 10.1 Å². The summed E-state index contributed by atoms with van der Waals surface area (Å²) >= 11 is 0. The molecule has 8 nitrogen and oxygen atoms in total. The van der Waals surface area contributed by atoms with Crippen molar-refractivity contribution in [3.05, 3.63) is 35.5 Å². The van der Waals surface area contributed by atoms with Gasteiger partial charge >= 0.3 is 0 Å². The Kier molecular flexibility index (Phi) is 4.75. The Balaban J connectivity index is 1.44. The highest BCUT2D eigenvalue weighted by molar-refractivity contribution is 5.95. The predicted octanol–water partition coefficient (Wildman–Crippen LogP) is 2.01. The van der Waals surface area contributed by atoms with E-state index in [0.717, 1.165) is 12.8 Å². The minimum atomic E-state index is -0.0212. The molecule has 1 saturated heterocycles. The molecular weight excluding hydrogens is 338 g/mol. The molecule has 0 bridgehead atoms. The van der Waals surface area contributed by atoms with Crippen molar-refractivity contribution in [2.45, 2.75) is 25.2 Å². The normalized spacial score (nSPS) is 19.0. The molecule has 1 aromatic heterocycles. The summed E-state index contributed by atoms with van der Waals surface area (Å²) in [5.74, 6) is 2.56. The monoisotopic (exact) mass is 359 g/mol. The van der Waals surface area contributed by atoms with Crippen molar-refractivity contribution in [3.63, 3.8) is 0 Å². The molecule has 26 heavy (non-hydrogen) atoms. The maximum Gasteiger partial charge on any atom is 0.254 e. The highest BCUT2D eigenvalue weighted by atomic mass is 16.7. The quantitative estimate of drug-likeness (QED) is 0.807. The van der Waals surface area contributed by atoms with E-state index in [1.54, 1.807) is 25.3 Å². The number of rotatable bonds is 5. The van der Waals surface area contributed by atoms with Gasteiger partial charge in [0.15, 0.2) is 17.3 Å². The summed E-state index contributed by atoms with van der Waals surface area (Å²) in [5, 5.41) is 4.00. The lowest BCUT2D eigenvalue weighted by molar-refractivity contribution is 0.0695. The molecule has 1 fully saturated rings. The van der Waals surface area contributed by atoms with E-state index in [1.807, 2.05) is 4.90 Å². The Morgan fingerprint density at radius 3 is 3.12 bits per heavy atom. The molecular formula is C18H21N3O5. The summed E-state index contributed by atoms with van der Waals surface area (Å²) < 4.78 is 21.1. The second kappa shape index (κ2) is 7.33. The number of hydrogen-bond donors (Lipinski definition) is 0. The molecule has 8 heteroatoms. The van der Waals surface area contributed by atoms with Gasteiger partial charge in [0.2, 0.25) is 12.7 Å². The van der Waals surface area contributed by atoms with E-state index in [9.17, 15) is 4.79 Å². The van der Waals surface area contributed by atoms with Gasteiger partial charge in [0.05, 0.1) is 12.5 Å². The van der Waals surface area contributed by atoms with Crippen LogP contribution < -0.4 is 9.47 Å². The summed E-state index contributed by atoms with van der Waals surface area (Å²) in [5.41, 5.74) is 0.598. The molecule has 0 radical (unpaired) electrons. The van der Waals surface area contributed by atoms with Crippen LogP contribution in [0.25, 0.3) is 0 Å². The fraction of sp³-hybridized carbons (Fsp3) is 0.500. The molecule has 4 rings (SSSR count). The lowest BCUT2D eigenvalue weighted by Crippen LogP contribution is -2.39. The number of nitrogens with zero attached hydrogens (tertiary/aromatic N) is 3. The van der Waals surface area contributed by atoms with Crippen LogP contribution >= 0.6 is 0 Å². The smallest absolute Gasteiger partial charge is 0.254 e. The lowest BCUT2D eigenvalue weighted by Gasteiger charge is -2.31. The van der Waals surface area contributed by atoms with Crippen LogP contribution in [0.3, 0.4) is 0 Å². The second-order valence-electron chi connectivity index (χ2n) is 6.45. The van der Waals surface area contributed by atoms with Crippen LogP contribution in [0.1, 0.15) is 40.8 Å². The molecule has 0 spiro atoms. The van der Waals surface area contributed by atoms with E-state index < -0.39 is 0 Å².